The van der Waals surface area contributed by atoms with Crippen LogP contribution in [-0.4, -0.2) is 25.1 Å². The number of amides is 3. The number of benzene rings is 2. The van der Waals surface area contributed by atoms with Gasteiger partial charge in [0.05, 0.1) is 6.54 Å². The first kappa shape index (κ1) is 16.4. The van der Waals surface area contributed by atoms with E-state index in [9.17, 15) is 9.59 Å². The summed E-state index contributed by atoms with van der Waals surface area (Å²) >= 11 is 0. The van der Waals surface area contributed by atoms with Gasteiger partial charge in [0.15, 0.2) is 0 Å². The van der Waals surface area contributed by atoms with Gasteiger partial charge in [0.25, 0.3) is 0 Å². The Bertz CT molecular complexity index is 642. The third-order valence-electron chi connectivity index (χ3n) is 2.86. The van der Waals surface area contributed by atoms with Gasteiger partial charge in [-0.1, -0.05) is 18.2 Å². The average molecular weight is 313 g/mol. The third-order valence-corrected chi connectivity index (χ3v) is 2.86. The highest BCUT2D eigenvalue weighted by atomic mass is 16.5. The number of hydrogen-bond acceptors (Lipinski definition) is 3. The van der Waals surface area contributed by atoms with Crippen LogP contribution in [-0.2, 0) is 4.79 Å². The summed E-state index contributed by atoms with van der Waals surface area (Å²) in [6.45, 7) is 2.22. The number of urea groups is 1. The Morgan fingerprint density at radius 2 is 1.52 bits per heavy atom. The highest BCUT2D eigenvalue weighted by Gasteiger charge is 2.02. The van der Waals surface area contributed by atoms with Crippen LogP contribution < -0.4 is 20.7 Å². The van der Waals surface area contributed by atoms with Crippen molar-refractivity contribution in [3.05, 3.63) is 54.6 Å². The van der Waals surface area contributed by atoms with Crippen LogP contribution in [0, 0.1) is 0 Å². The second kappa shape index (κ2) is 8.43. The molecule has 0 unspecified atom stereocenters. The Hall–Kier alpha value is -3.02. The van der Waals surface area contributed by atoms with E-state index < -0.39 is 0 Å². The summed E-state index contributed by atoms with van der Waals surface area (Å²) in [5, 5.41) is 8.07. The number of para-hydroxylation sites is 1. The molecule has 0 aliphatic carbocycles. The lowest BCUT2D eigenvalue weighted by Crippen LogP contribution is -2.32. The van der Waals surface area contributed by atoms with Crippen molar-refractivity contribution in [3.63, 3.8) is 0 Å². The van der Waals surface area contributed by atoms with Gasteiger partial charge in [-0.2, -0.15) is 0 Å². The molecule has 6 heteroatoms. The zero-order valence-electron chi connectivity index (χ0n) is 12.8. The minimum absolute atomic E-state index is 0.137. The number of rotatable bonds is 6. The smallest absolute Gasteiger partial charge is 0.319 e. The van der Waals surface area contributed by atoms with E-state index in [4.69, 9.17) is 4.74 Å². The Morgan fingerprint density at radius 1 is 0.913 bits per heavy atom. The van der Waals surface area contributed by atoms with Crippen molar-refractivity contribution < 1.29 is 14.3 Å². The molecule has 3 N–H and O–H groups in total. The van der Waals surface area contributed by atoms with Crippen molar-refractivity contribution in [1.29, 1.82) is 0 Å². The van der Waals surface area contributed by atoms with Gasteiger partial charge < -0.3 is 20.7 Å². The Labute approximate surface area is 134 Å². The predicted octanol–water partition coefficient (Wildman–Crippen LogP) is 2.85. The van der Waals surface area contributed by atoms with Crippen molar-refractivity contribution >= 4 is 23.3 Å². The van der Waals surface area contributed by atoms with Gasteiger partial charge in [0.2, 0.25) is 5.91 Å². The lowest BCUT2D eigenvalue weighted by atomic mass is 10.3. The van der Waals surface area contributed by atoms with Crippen LogP contribution >= 0.6 is 0 Å². The fourth-order valence-corrected chi connectivity index (χ4v) is 1.87. The van der Waals surface area contributed by atoms with E-state index in [1.54, 1.807) is 24.3 Å². The lowest BCUT2D eigenvalue weighted by Gasteiger charge is -2.09. The summed E-state index contributed by atoms with van der Waals surface area (Å²) in [4.78, 5) is 22.7. The molecule has 2 aromatic rings. The summed E-state index contributed by atoms with van der Waals surface area (Å²) in [6, 6.07) is 16.0. The van der Waals surface area contributed by atoms with Crippen molar-refractivity contribution in [1.82, 2.24) is 5.32 Å². The second-order valence-corrected chi connectivity index (χ2v) is 4.80. The van der Waals surface area contributed by atoms with Gasteiger partial charge in [-0.15, -0.1) is 0 Å². The number of nitrogens with one attached hydrogen (secondary N) is 3. The van der Waals surface area contributed by atoms with Crippen molar-refractivity contribution in [2.75, 3.05) is 23.8 Å². The van der Waals surface area contributed by atoms with Crippen molar-refractivity contribution in [2.45, 2.75) is 6.92 Å². The molecule has 0 saturated heterocycles. The standard InChI is InChI=1S/C17H19N3O3/c1-13(21)19-14-7-9-15(10-8-14)20-17(22)18-11-12-23-16-5-3-2-4-6-16/h2-10H,11-12H2,1H3,(H,19,21)(H2,18,20,22). The molecule has 0 bridgehead atoms. The molecule has 0 aromatic heterocycles. The van der Waals surface area contributed by atoms with Gasteiger partial charge in [-0.25, -0.2) is 4.79 Å². The molecule has 0 saturated carbocycles. The molecule has 0 atom stereocenters. The van der Waals surface area contributed by atoms with Crippen LogP contribution in [0.4, 0.5) is 16.2 Å². The molecule has 2 aromatic carbocycles. The van der Waals surface area contributed by atoms with Crippen LogP contribution in [0.15, 0.2) is 54.6 Å². The number of carbonyl (C=O) groups is 2. The van der Waals surface area contributed by atoms with E-state index >= 15 is 0 Å². The average Bonchev–Trinajstić information content (AvgIpc) is 2.54. The van der Waals surface area contributed by atoms with E-state index in [0.717, 1.165) is 5.75 Å². The Morgan fingerprint density at radius 3 is 2.13 bits per heavy atom. The normalized spacial score (nSPS) is 9.78. The molecule has 0 aliphatic rings. The molecule has 23 heavy (non-hydrogen) atoms. The second-order valence-electron chi connectivity index (χ2n) is 4.80. The van der Waals surface area contributed by atoms with Gasteiger partial charge in [0.1, 0.15) is 12.4 Å². The van der Waals surface area contributed by atoms with E-state index in [-0.39, 0.29) is 11.9 Å². The Balaban J connectivity index is 1.69. The first-order chi connectivity index (χ1) is 11.1. The molecule has 3 amide bonds. The van der Waals surface area contributed by atoms with Gasteiger partial charge in [-0.3, -0.25) is 4.79 Å². The maximum absolute atomic E-state index is 11.7. The largest absolute Gasteiger partial charge is 0.492 e. The molecule has 6 nitrogen and oxygen atoms in total. The summed E-state index contributed by atoms with van der Waals surface area (Å²) in [5.74, 6) is 0.630. The minimum Gasteiger partial charge on any atom is -0.492 e. The number of ether oxygens (including phenoxy) is 1. The number of hydrogen-bond donors (Lipinski definition) is 3. The van der Waals surface area contributed by atoms with E-state index in [1.165, 1.54) is 6.92 Å². The molecule has 2 rings (SSSR count). The number of carbonyl (C=O) groups excluding carboxylic acids is 2. The molecule has 0 fully saturated rings. The van der Waals surface area contributed by atoms with E-state index in [1.807, 2.05) is 30.3 Å². The first-order valence-electron chi connectivity index (χ1n) is 7.24. The fourth-order valence-electron chi connectivity index (χ4n) is 1.87. The maximum Gasteiger partial charge on any atom is 0.319 e. The molecule has 0 spiro atoms. The topological polar surface area (TPSA) is 79.5 Å². The fraction of sp³-hybridized carbons (Fsp3) is 0.176. The van der Waals surface area contributed by atoms with Crippen molar-refractivity contribution in [2.24, 2.45) is 0 Å². The van der Waals surface area contributed by atoms with Gasteiger partial charge in [-0.05, 0) is 36.4 Å². The van der Waals surface area contributed by atoms with Crippen LogP contribution in [0.5, 0.6) is 5.75 Å². The molecule has 0 heterocycles. The van der Waals surface area contributed by atoms with Gasteiger partial charge >= 0.3 is 6.03 Å². The summed E-state index contributed by atoms with van der Waals surface area (Å²) < 4.78 is 5.48. The van der Waals surface area contributed by atoms with Crippen LogP contribution in [0.2, 0.25) is 0 Å². The summed E-state index contributed by atoms with van der Waals surface area (Å²) in [6.07, 6.45) is 0. The molecular formula is C17H19N3O3. The SMILES string of the molecule is CC(=O)Nc1ccc(NC(=O)NCCOc2ccccc2)cc1. The minimum atomic E-state index is -0.311. The highest BCUT2D eigenvalue weighted by molar-refractivity contribution is 5.91. The van der Waals surface area contributed by atoms with Crippen LogP contribution in [0.3, 0.4) is 0 Å². The van der Waals surface area contributed by atoms with Crippen LogP contribution in [0.25, 0.3) is 0 Å². The van der Waals surface area contributed by atoms with E-state index in [0.29, 0.717) is 24.5 Å². The molecule has 120 valence electrons. The molecular weight excluding hydrogens is 294 g/mol. The predicted molar refractivity (Wildman–Crippen MR) is 89.7 cm³/mol. The quantitative estimate of drug-likeness (QED) is 0.717. The monoisotopic (exact) mass is 313 g/mol. The Kier molecular flexibility index (Phi) is 5.99. The third kappa shape index (κ3) is 6.09. The molecule has 0 radical (unpaired) electrons. The van der Waals surface area contributed by atoms with Crippen molar-refractivity contribution in [3.8, 4) is 5.75 Å². The highest BCUT2D eigenvalue weighted by Crippen LogP contribution is 2.13. The summed E-state index contributed by atoms with van der Waals surface area (Å²) in [5.41, 5.74) is 1.32. The lowest BCUT2D eigenvalue weighted by molar-refractivity contribution is -0.114. The summed E-state index contributed by atoms with van der Waals surface area (Å²) in [7, 11) is 0. The van der Waals surface area contributed by atoms with E-state index in [2.05, 4.69) is 16.0 Å². The first-order valence-corrected chi connectivity index (χ1v) is 7.24. The molecule has 0 aliphatic heterocycles. The maximum atomic E-state index is 11.7. The van der Waals surface area contributed by atoms with Crippen LogP contribution in [0.1, 0.15) is 6.92 Å². The van der Waals surface area contributed by atoms with Gasteiger partial charge in [0, 0.05) is 18.3 Å². The zero-order chi connectivity index (χ0) is 16.5. The zero-order valence-corrected chi connectivity index (χ0v) is 12.8. The number of anilines is 2.